The third-order valence-electron chi connectivity index (χ3n) is 3.81. The van der Waals surface area contributed by atoms with E-state index >= 15 is 0 Å². The molecule has 0 aliphatic heterocycles. The highest BCUT2D eigenvalue weighted by Gasteiger charge is 2.07. The standard InChI is InChI=1S/C18H33NO5/c1-4-18(22)19-10-11-23-12-13-24-14-17(21)9-7-5-6-8-15(2)16(3)20/h15H,4-14H2,1-3H3,(H,19,22)/t15-/m0/s1. The zero-order valence-corrected chi connectivity index (χ0v) is 15.4. The molecule has 1 amide bonds. The third-order valence-corrected chi connectivity index (χ3v) is 3.81. The first-order valence-electron chi connectivity index (χ1n) is 8.91. The summed E-state index contributed by atoms with van der Waals surface area (Å²) in [6.07, 6.45) is 4.70. The first-order valence-corrected chi connectivity index (χ1v) is 8.91. The fraction of sp³-hybridized carbons (Fsp3) is 0.833. The van der Waals surface area contributed by atoms with E-state index in [9.17, 15) is 14.4 Å². The van der Waals surface area contributed by atoms with Gasteiger partial charge in [0.05, 0.1) is 19.8 Å². The maximum atomic E-state index is 11.6. The number of unbranched alkanes of at least 4 members (excludes halogenated alkanes) is 2. The van der Waals surface area contributed by atoms with Gasteiger partial charge in [-0.2, -0.15) is 0 Å². The highest BCUT2D eigenvalue weighted by Crippen LogP contribution is 2.11. The summed E-state index contributed by atoms with van der Waals surface area (Å²) in [5.41, 5.74) is 0. The number of nitrogens with one attached hydrogen (secondary N) is 1. The Bertz CT molecular complexity index is 370. The van der Waals surface area contributed by atoms with Gasteiger partial charge >= 0.3 is 0 Å². The Morgan fingerprint density at radius 3 is 2.38 bits per heavy atom. The molecule has 6 nitrogen and oxygen atoms in total. The zero-order valence-electron chi connectivity index (χ0n) is 15.4. The summed E-state index contributed by atoms with van der Waals surface area (Å²) in [5.74, 6) is 0.467. The molecule has 24 heavy (non-hydrogen) atoms. The highest BCUT2D eigenvalue weighted by molar-refractivity contribution is 5.79. The quantitative estimate of drug-likeness (QED) is 0.435. The molecule has 0 spiro atoms. The van der Waals surface area contributed by atoms with Gasteiger partial charge in [-0.05, 0) is 19.8 Å². The van der Waals surface area contributed by atoms with E-state index in [-0.39, 0.29) is 30.0 Å². The molecule has 0 aliphatic carbocycles. The van der Waals surface area contributed by atoms with Crippen molar-refractivity contribution in [2.75, 3.05) is 33.0 Å². The Morgan fingerprint density at radius 2 is 1.71 bits per heavy atom. The number of ketones is 2. The number of carbonyl (C=O) groups excluding carboxylic acids is 3. The predicted molar refractivity (Wildman–Crippen MR) is 92.9 cm³/mol. The van der Waals surface area contributed by atoms with E-state index in [0.717, 1.165) is 25.7 Å². The lowest BCUT2D eigenvalue weighted by atomic mass is 9.99. The van der Waals surface area contributed by atoms with Crippen LogP contribution >= 0.6 is 0 Å². The van der Waals surface area contributed by atoms with E-state index < -0.39 is 0 Å². The van der Waals surface area contributed by atoms with E-state index in [4.69, 9.17) is 9.47 Å². The van der Waals surface area contributed by atoms with Crippen LogP contribution in [-0.2, 0) is 23.9 Å². The Balaban J connectivity index is 3.32. The maximum Gasteiger partial charge on any atom is 0.219 e. The third kappa shape index (κ3) is 14.3. The van der Waals surface area contributed by atoms with Crippen LogP contribution in [0.4, 0.5) is 0 Å². The Kier molecular flexibility index (Phi) is 14.5. The summed E-state index contributed by atoms with van der Waals surface area (Å²) in [4.78, 5) is 33.7. The van der Waals surface area contributed by atoms with Crippen LogP contribution in [0.5, 0.6) is 0 Å². The molecule has 0 aromatic heterocycles. The molecule has 0 aliphatic rings. The number of rotatable bonds is 16. The number of hydrogen-bond donors (Lipinski definition) is 1. The van der Waals surface area contributed by atoms with Crippen molar-refractivity contribution in [1.82, 2.24) is 5.32 Å². The summed E-state index contributed by atoms with van der Waals surface area (Å²) in [5, 5.41) is 2.71. The maximum absolute atomic E-state index is 11.6. The van der Waals surface area contributed by atoms with Crippen LogP contribution in [0.2, 0.25) is 0 Å². The molecule has 0 aromatic carbocycles. The van der Waals surface area contributed by atoms with Crippen molar-refractivity contribution < 1.29 is 23.9 Å². The van der Waals surface area contributed by atoms with Gasteiger partial charge in [0.15, 0.2) is 5.78 Å². The fourth-order valence-corrected chi connectivity index (χ4v) is 2.02. The Morgan fingerprint density at radius 1 is 1.00 bits per heavy atom. The van der Waals surface area contributed by atoms with Crippen molar-refractivity contribution in [2.45, 2.75) is 59.3 Å². The van der Waals surface area contributed by atoms with Gasteiger partial charge in [0.25, 0.3) is 0 Å². The second kappa shape index (κ2) is 15.3. The van der Waals surface area contributed by atoms with Crippen LogP contribution in [0.15, 0.2) is 0 Å². The SMILES string of the molecule is CCC(=O)NCCOCCOCC(=O)CCCCC[C@H](C)C(C)=O. The summed E-state index contributed by atoms with van der Waals surface area (Å²) in [7, 11) is 0. The lowest BCUT2D eigenvalue weighted by Crippen LogP contribution is -2.26. The molecule has 0 bridgehead atoms. The van der Waals surface area contributed by atoms with Crippen molar-refractivity contribution >= 4 is 17.5 Å². The summed E-state index contributed by atoms with van der Waals surface area (Å²) in [6, 6.07) is 0. The average molecular weight is 343 g/mol. The number of hydrogen-bond acceptors (Lipinski definition) is 5. The highest BCUT2D eigenvalue weighted by atomic mass is 16.5. The fourth-order valence-electron chi connectivity index (χ4n) is 2.02. The minimum Gasteiger partial charge on any atom is -0.377 e. The molecule has 0 saturated heterocycles. The van der Waals surface area contributed by atoms with Crippen molar-refractivity contribution in [3.8, 4) is 0 Å². The van der Waals surface area contributed by atoms with Gasteiger partial charge in [0, 0.05) is 25.3 Å². The first kappa shape index (κ1) is 22.7. The molecule has 0 saturated carbocycles. The Hall–Kier alpha value is -1.27. The van der Waals surface area contributed by atoms with Crippen molar-refractivity contribution in [2.24, 2.45) is 5.92 Å². The van der Waals surface area contributed by atoms with Crippen LogP contribution in [-0.4, -0.2) is 50.4 Å². The van der Waals surface area contributed by atoms with Crippen LogP contribution < -0.4 is 5.32 Å². The molecule has 6 heteroatoms. The number of amides is 1. The molecule has 0 aromatic rings. The second-order valence-electron chi connectivity index (χ2n) is 6.02. The zero-order chi connectivity index (χ0) is 18.2. The van der Waals surface area contributed by atoms with Gasteiger partial charge in [-0.3, -0.25) is 14.4 Å². The van der Waals surface area contributed by atoms with Crippen molar-refractivity contribution in [1.29, 1.82) is 0 Å². The molecule has 0 unspecified atom stereocenters. The number of ether oxygens (including phenoxy) is 2. The van der Waals surface area contributed by atoms with Crippen molar-refractivity contribution in [3.05, 3.63) is 0 Å². The predicted octanol–water partition coefficient (Wildman–Crippen LogP) is 2.29. The van der Waals surface area contributed by atoms with Gasteiger partial charge in [-0.15, -0.1) is 0 Å². The van der Waals surface area contributed by atoms with Gasteiger partial charge in [0.2, 0.25) is 5.91 Å². The second-order valence-corrected chi connectivity index (χ2v) is 6.02. The van der Waals surface area contributed by atoms with Gasteiger partial charge in [0.1, 0.15) is 12.4 Å². The minimum absolute atomic E-state index is 0.0104. The van der Waals surface area contributed by atoms with Crippen LogP contribution in [0.3, 0.4) is 0 Å². The molecule has 0 fully saturated rings. The molecule has 1 atom stereocenters. The van der Waals surface area contributed by atoms with Crippen LogP contribution in [0.25, 0.3) is 0 Å². The molecular formula is C18H33NO5. The van der Waals surface area contributed by atoms with Gasteiger partial charge in [-0.25, -0.2) is 0 Å². The topological polar surface area (TPSA) is 81.7 Å². The lowest BCUT2D eigenvalue weighted by Gasteiger charge is -2.07. The van der Waals surface area contributed by atoms with Crippen molar-refractivity contribution in [3.63, 3.8) is 0 Å². The Labute approximate surface area is 145 Å². The first-order chi connectivity index (χ1) is 11.5. The van der Waals surface area contributed by atoms with Crippen LogP contribution in [0.1, 0.15) is 59.3 Å². The molecule has 1 N–H and O–H groups in total. The monoisotopic (exact) mass is 343 g/mol. The molecule has 0 radical (unpaired) electrons. The minimum atomic E-state index is 0.0104. The lowest BCUT2D eigenvalue weighted by molar-refractivity contribution is -0.124. The van der Waals surface area contributed by atoms with E-state index in [2.05, 4.69) is 5.32 Å². The molecule has 140 valence electrons. The van der Waals surface area contributed by atoms with Gasteiger partial charge in [-0.1, -0.05) is 26.7 Å². The van der Waals surface area contributed by atoms with E-state index in [1.807, 2.05) is 6.92 Å². The number of Topliss-reactive ketones (excluding diaryl/α,β-unsaturated/α-hetero) is 2. The summed E-state index contributed by atoms with van der Waals surface area (Å²) >= 11 is 0. The average Bonchev–Trinajstić information content (AvgIpc) is 2.56. The van der Waals surface area contributed by atoms with Gasteiger partial charge < -0.3 is 14.8 Å². The molecule has 0 rings (SSSR count). The van der Waals surface area contributed by atoms with E-state index in [0.29, 0.717) is 39.2 Å². The summed E-state index contributed by atoms with van der Waals surface area (Å²) in [6.45, 7) is 7.22. The van der Waals surface area contributed by atoms with Crippen LogP contribution in [0, 0.1) is 5.92 Å². The van der Waals surface area contributed by atoms with E-state index in [1.165, 1.54) is 0 Å². The summed E-state index contributed by atoms with van der Waals surface area (Å²) < 4.78 is 10.6. The normalized spacial score (nSPS) is 12.0. The largest absolute Gasteiger partial charge is 0.377 e. The molecule has 0 heterocycles. The number of carbonyl (C=O) groups is 3. The smallest absolute Gasteiger partial charge is 0.219 e. The molecular weight excluding hydrogens is 310 g/mol. The van der Waals surface area contributed by atoms with E-state index in [1.54, 1.807) is 13.8 Å².